The highest BCUT2D eigenvalue weighted by atomic mass is 16.4. The van der Waals surface area contributed by atoms with Gasteiger partial charge in [-0.1, -0.05) is 18.2 Å². The van der Waals surface area contributed by atoms with E-state index in [-0.39, 0.29) is 44.8 Å². The molecule has 2 aromatic rings. The Balaban J connectivity index is 0.000000439. The molecule has 1 aromatic carbocycles. The summed E-state index contributed by atoms with van der Waals surface area (Å²) in [6, 6.07) is 6.06. The largest absolute Gasteiger partial charge is 0.481 e. The van der Waals surface area contributed by atoms with Crippen molar-refractivity contribution in [3.8, 4) is 0 Å². The first kappa shape index (κ1) is 24.3. The normalized spacial score (nSPS) is 13.8. The van der Waals surface area contributed by atoms with E-state index in [9.17, 15) is 29.1 Å². The molecule has 1 aromatic heterocycles. The van der Waals surface area contributed by atoms with Crippen LogP contribution in [-0.4, -0.2) is 80.7 Å². The lowest BCUT2D eigenvalue weighted by Gasteiger charge is -2.27. The summed E-state index contributed by atoms with van der Waals surface area (Å²) < 4.78 is 0. The molecule has 0 bridgehead atoms. The molecule has 172 valence electrons. The van der Waals surface area contributed by atoms with Crippen molar-refractivity contribution in [3.63, 3.8) is 0 Å². The van der Waals surface area contributed by atoms with E-state index in [1.54, 1.807) is 6.20 Å². The van der Waals surface area contributed by atoms with Crippen LogP contribution >= 0.6 is 0 Å². The highest BCUT2D eigenvalue weighted by Crippen LogP contribution is 2.21. The van der Waals surface area contributed by atoms with Gasteiger partial charge in [0.25, 0.3) is 0 Å². The maximum Gasteiger partial charge on any atom is 0.321 e. The second kappa shape index (κ2) is 11.5. The lowest BCUT2D eigenvalue weighted by Crippen LogP contribution is -2.44. The molecule has 12 heteroatoms. The molecule has 0 saturated carbocycles. The highest BCUT2D eigenvalue weighted by Gasteiger charge is 2.27. The number of amides is 3. The summed E-state index contributed by atoms with van der Waals surface area (Å²) in [4.78, 5) is 58.0. The van der Waals surface area contributed by atoms with Crippen molar-refractivity contribution in [2.24, 2.45) is 0 Å². The fourth-order valence-electron chi connectivity index (χ4n) is 3.16. The zero-order chi connectivity index (χ0) is 23.7. The smallest absolute Gasteiger partial charge is 0.321 e. The predicted molar refractivity (Wildman–Crippen MR) is 111 cm³/mol. The molecule has 1 atom stereocenters. The molecule has 0 radical (unpaired) electrons. The number of aromatic amines is 1. The molecule has 0 spiro atoms. The van der Waals surface area contributed by atoms with E-state index in [0.29, 0.717) is 0 Å². The van der Waals surface area contributed by atoms with E-state index in [0.717, 1.165) is 16.5 Å². The number of H-pyrrole nitrogens is 1. The van der Waals surface area contributed by atoms with Gasteiger partial charge in [-0.3, -0.25) is 29.4 Å². The summed E-state index contributed by atoms with van der Waals surface area (Å²) in [6.07, 6.45) is 1.38. The van der Waals surface area contributed by atoms with Crippen LogP contribution in [0.5, 0.6) is 0 Å². The van der Waals surface area contributed by atoms with E-state index in [4.69, 9.17) is 10.2 Å². The molecule has 0 unspecified atom stereocenters. The monoisotopic (exact) mass is 448 g/mol. The number of carboxylic acids is 3. The number of aromatic nitrogens is 1. The standard InChI is InChI=1S/C17H20N2O6.C3H4N2O2/c20-15(21)5-7-19(8-6-16(22)23)14(17(24)25)9-11-10-18-13-4-2-1-3-12(11)13;6-2-1-4-3(7)5-2/h1-4,10,14,18H,5-9H2,(H,20,21)(H,22,23)(H,24,25);1H2,(H2,4,5,6,7)/t14-;/m0./s1. The van der Waals surface area contributed by atoms with Crippen LogP contribution in [0.25, 0.3) is 10.9 Å². The number of hydrogen-bond donors (Lipinski definition) is 6. The number of rotatable bonds is 10. The number of carboxylic acid groups (broad SMARTS) is 3. The topological polar surface area (TPSA) is 189 Å². The Bertz CT molecular complexity index is 970. The molecule has 32 heavy (non-hydrogen) atoms. The van der Waals surface area contributed by atoms with Gasteiger partial charge in [-0.2, -0.15) is 0 Å². The minimum atomic E-state index is -1.11. The number of hydrogen-bond acceptors (Lipinski definition) is 6. The fraction of sp³-hybridized carbons (Fsp3) is 0.350. The first-order chi connectivity index (χ1) is 15.2. The summed E-state index contributed by atoms with van der Waals surface area (Å²) in [7, 11) is 0. The van der Waals surface area contributed by atoms with Crippen LogP contribution in [-0.2, 0) is 25.6 Å². The van der Waals surface area contributed by atoms with Crippen molar-refractivity contribution < 1.29 is 39.3 Å². The van der Waals surface area contributed by atoms with Gasteiger partial charge in [0.1, 0.15) is 6.04 Å². The van der Waals surface area contributed by atoms with Crippen LogP contribution in [0.15, 0.2) is 30.5 Å². The number of aliphatic carboxylic acids is 3. The van der Waals surface area contributed by atoms with Crippen molar-refractivity contribution in [1.29, 1.82) is 0 Å². The van der Waals surface area contributed by atoms with Gasteiger partial charge in [-0.25, -0.2) is 4.79 Å². The Labute approximate surface area is 182 Å². The highest BCUT2D eigenvalue weighted by molar-refractivity contribution is 6.01. The molecule has 3 rings (SSSR count). The van der Waals surface area contributed by atoms with Gasteiger partial charge in [0.15, 0.2) is 0 Å². The molecule has 3 amide bonds. The molecular formula is C20H24N4O8. The Morgan fingerprint density at radius 2 is 1.62 bits per heavy atom. The van der Waals surface area contributed by atoms with Crippen molar-refractivity contribution >= 4 is 40.7 Å². The first-order valence-corrected chi connectivity index (χ1v) is 9.70. The zero-order valence-electron chi connectivity index (χ0n) is 17.0. The number of benzene rings is 1. The Kier molecular flexibility index (Phi) is 8.72. The molecule has 1 aliphatic rings. The Morgan fingerprint density at radius 3 is 2.09 bits per heavy atom. The summed E-state index contributed by atoms with van der Waals surface area (Å²) in [5.74, 6) is -3.49. The van der Waals surface area contributed by atoms with E-state index < -0.39 is 30.0 Å². The van der Waals surface area contributed by atoms with Crippen LogP contribution < -0.4 is 10.6 Å². The van der Waals surface area contributed by atoms with Crippen LogP contribution in [0.1, 0.15) is 18.4 Å². The maximum absolute atomic E-state index is 11.7. The summed E-state index contributed by atoms with van der Waals surface area (Å²) >= 11 is 0. The van der Waals surface area contributed by atoms with Crippen LogP contribution in [0.2, 0.25) is 0 Å². The molecular weight excluding hydrogens is 424 g/mol. The van der Waals surface area contributed by atoms with Gasteiger partial charge >= 0.3 is 23.9 Å². The third kappa shape index (κ3) is 7.40. The first-order valence-electron chi connectivity index (χ1n) is 9.70. The second-order valence-electron chi connectivity index (χ2n) is 6.97. The SMILES string of the molecule is O=C(O)CCN(CCC(=O)O)[C@@H](Cc1c[nH]c2ccccc12)C(=O)O.O=C1CNC(=O)N1. The van der Waals surface area contributed by atoms with Gasteiger partial charge in [0, 0.05) is 36.6 Å². The third-order valence-corrected chi connectivity index (χ3v) is 4.70. The molecule has 12 nitrogen and oxygen atoms in total. The molecule has 2 heterocycles. The predicted octanol–water partition coefficient (Wildman–Crippen LogP) is 0.241. The number of fused-ring (bicyclic) bond motifs is 1. The molecule has 0 aliphatic carbocycles. The number of nitrogens with one attached hydrogen (secondary N) is 3. The number of para-hydroxylation sites is 1. The van der Waals surface area contributed by atoms with Crippen LogP contribution in [0, 0.1) is 0 Å². The number of imide groups is 1. The van der Waals surface area contributed by atoms with Crippen molar-refractivity contribution in [3.05, 3.63) is 36.0 Å². The third-order valence-electron chi connectivity index (χ3n) is 4.70. The fourth-order valence-corrected chi connectivity index (χ4v) is 3.16. The average Bonchev–Trinajstić information content (AvgIpc) is 3.31. The molecule has 1 saturated heterocycles. The zero-order valence-corrected chi connectivity index (χ0v) is 17.0. The number of carbonyl (C=O) groups is 5. The van der Waals surface area contributed by atoms with Gasteiger partial charge in [0.2, 0.25) is 5.91 Å². The average molecular weight is 448 g/mol. The van der Waals surface area contributed by atoms with Crippen molar-refractivity contribution in [1.82, 2.24) is 20.5 Å². The lowest BCUT2D eigenvalue weighted by molar-refractivity contribution is -0.146. The van der Waals surface area contributed by atoms with Gasteiger partial charge in [0.05, 0.1) is 19.4 Å². The summed E-state index contributed by atoms with van der Waals surface area (Å²) in [6.45, 7) is 0.0721. The molecule has 1 aliphatic heterocycles. The number of urea groups is 1. The van der Waals surface area contributed by atoms with Gasteiger partial charge in [-0.15, -0.1) is 0 Å². The van der Waals surface area contributed by atoms with E-state index in [2.05, 4.69) is 10.3 Å². The maximum atomic E-state index is 11.7. The van der Waals surface area contributed by atoms with Gasteiger partial charge in [-0.05, 0) is 11.6 Å². The minimum absolute atomic E-state index is 0.0259. The Hall–Kier alpha value is -3.93. The van der Waals surface area contributed by atoms with Crippen LogP contribution in [0.4, 0.5) is 4.79 Å². The van der Waals surface area contributed by atoms with E-state index >= 15 is 0 Å². The van der Waals surface area contributed by atoms with Gasteiger partial charge < -0.3 is 25.6 Å². The van der Waals surface area contributed by atoms with Crippen molar-refractivity contribution in [2.75, 3.05) is 19.6 Å². The Morgan fingerprint density at radius 1 is 1.00 bits per heavy atom. The summed E-state index contributed by atoms with van der Waals surface area (Å²) in [5, 5.41) is 32.5. The van der Waals surface area contributed by atoms with Crippen LogP contribution in [0.3, 0.4) is 0 Å². The van der Waals surface area contributed by atoms with Crippen molar-refractivity contribution in [2.45, 2.75) is 25.3 Å². The van der Waals surface area contributed by atoms with E-state index in [1.165, 1.54) is 4.90 Å². The molecule has 6 N–H and O–H groups in total. The number of nitrogens with zero attached hydrogens (tertiary/aromatic N) is 1. The minimum Gasteiger partial charge on any atom is -0.481 e. The van der Waals surface area contributed by atoms with E-state index in [1.807, 2.05) is 29.6 Å². The quantitative estimate of drug-likeness (QED) is 0.277. The summed E-state index contributed by atoms with van der Waals surface area (Å²) in [5.41, 5.74) is 1.67. The molecule has 1 fully saturated rings. The second-order valence-corrected chi connectivity index (χ2v) is 6.97. The number of carbonyl (C=O) groups excluding carboxylic acids is 2. The lowest BCUT2D eigenvalue weighted by atomic mass is 10.0.